The van der Waals surface area contributed by atoms with Gasteiger partial charge in [0.1, 0.15) is 11.5 Å². The van der Waals surface area contributed by atoms with E-state index in [0.29, 0.717) is 5.75 Å². The minimum absolute atomic E-state index is 0.165. The summed E-state index contributed by atoms with van der Waals surface area (Å²) >= 11 is 0. The Bertz CT molecular complexity index is 839. The average Bonchev–Trinajstić information content (AvgIpc) is 2.57. The largest absolute Gasteiger partial charge is 0.457 e. The first-order valence-electron chi connectivity index (χ1n) is 7.45. The summed E-state index contributed by atoms with van der Waals surface area (Å²) < 4.78 is 44.2. The van der Waals surface area contributed by atoms with Gasteiger partial charge in [0, 0.05) is 0 Å². The molecule has 24 heavy (non-hydrogen) atoms. The summed E-state index contributed by atoms with van der Waals surface area (Å²) in [5.74, 6) is 0.703. The lowest BCUT2D eigenvalue weighted by Gasteiger charge is -2.14. The maximum absolute atomic E-state index is 12.8. The van der Waals surface area contributed by atoms with Gasteiger partial charge >= 0.3 is 6.18 Å². The molecule has 0 unspecified atom stereocenters. The maximum Gasteiger partial charge on any atom is 0.416 e. The van der Waals surface area contributed by atoms with Gasteiger partial charge in [0.05, 0.1) is 5.56 Å². The van der Waals surface area contributed by atoms with Crippen LogP contribution in [0.2, 0.25) is 0 Å². The van der Waals surface area contributed by atoms with Gasteiger partial charge in [0.2, 0.25) is 0 Å². The van der Waals surface area contributed by atoms with Crippen LogP contribution in [0.1, 0.15) is 11.1 Å². The summed E-state index contributed by atoms with van der Waals surface area (Å²) in [6.07, 6.45) is -4.39. The molecule has 0 spiro atoms. The molecule has 0 aliphatic heterocycles. The summed E-state index contributed by atoms with van der Waals surface area (Å²) in [7, 11) is 0. The van der Waals surface area contributed by atoms with Crippen LogP contribution < -0.4 is 4.74 Å². The van der Waals surface area contributed by atoms with Crippen molar-refractivity contribution in [3.05, 3.63) is 83.9 Å². The van der Waals surface area contributed by atoms with Crippen LogP contribution in [-0.4, -0.2) is 0 Å². The van der Waals surface area contributed by atoms with Crippen LogP contribution >= 0.6 is 0 Å². The molecule has 0 saturated carbocycles. The lowest BCUT2D eigenvalue weighted by atomic mass is 10.00. The van der Waals surface area contributed by atoms with Crippen molar-refractivity contribution in [2.24, 2.45) is 0 Å². The van der Waals surface area contributed by atoms with E-state index in [9.17, 15) is 13.2 Å². The predicted molar refractivity (Wildman–Crippen MR) is 88.1 cm³/mol. The number of hydrogen-bond donors (Lipinski definition) is 0. The van der Waals surface area contributed by atoms with Crippen molar-refractivity contribution in [1.29, 1.82) is 0 Å². The Hall–Kier alpha value is -2.75. The van der Waals surface area contributed by atoms with Crippen molar-refractivity contribution in [3.8, 4) is 22.6 Å². The quantitative estimate of drug-likeness (QED) is 0.535. The Morgan fingerprint density at radius 2 is 1.50 bits per heavy atom. The number of ether oxygens (including phenoxy) is 1. The van der Waals surface area contributed by atoms with Gasteiger partial charge in [-0.15, -0.1) is 0 Å². The normalized spacial score (nSPS) is 11.3. The molecule has 4 heteroatoms. The van der Waals surface area contributed by atoms with Crippen molar-refractivity contribution >= 4 is 0 Å². The fourth-order valence-corrected chi connectivity index (χ4v) is 2.52. The van der Waals surface area contributed by atoms with Gasteiger partial charge in [-0.05, 0) is 47.9 Å². The van der Waals surface area contributed by atoms with E-state index in [4.69, 9.17) is 4.74 Å². The monoisotopic (exact) mass is 328 g/mol. The molecule has 0 aliphatic carbocycles. The Labute approximate surface area is 138 Å². The van der Waals surface area contributed by atoms with E-state index in [1.807, 2.05) is 49.4 Å². The standard InChI is InChI=1S/C20H15F3O/c1-14-18(15-7-3-2-4-8-15)11-6-12-19(14)24-17-10-5-9-16(13-17)20(21,22)23/h2-13H,1H3. The third kappa shape index (κ3) is 3.43. The fraction of sp³-hybridized carbons (Fsp3) is 0.100. The SMILES string of the molecule is Cc1c(Oc2cccc(C(F)(F)F)c2)cccc1-c1ccccc1. The van der Waals surface area contributed by atoms with Gasteiger partial charge in [0.25, 0.3) is 0 Å². The van der Waals surface area contributed by atoms with Gasteiger partial charge in [0.15, 0.2) is 0 Å². The van der Waals surface area contributed by atoms with Crippen molar-refractivity contribution in [2.75, 3.05) is 0 Å². The second-order valence-electron chi connectivity index (χ2n) is 5.42. The molecule has 0 aliphatic rings. The molecule has 3 aromatic rings. The zero-order chi connectivity index (χ0) is 17.2. The van der Waals surface area contributed by atoms with Gasteiger partial charge in [-0.1, -0.05) is 48.5 Å². The predicted octanol–water partition coefficient (Wildman–Crippen LogP) is 6.47. The average molecular weight is 328 g/mol. The zero-order valence-corrected chi connectivity index (χ0v) is 13.0. The minimum atomic E-state index is -4.39. The Kier molecular flexibility index (Phi) is 4.30. The van der Waals surface area contributed by atoms with Crippen LogP contribution in [0, 0.1) is 6.92 Å². The van der Waals surface area contributed by atoms with Gasteiger partial charge in [-0.25, -0.2) is 0 Å². The van der Waals surface area contributed by atoms with Crippen molar-refractivity contribution in [2.45, 2.75) is 13.1 Å². The molecule has 0 N–H and O–H groups in total. The highest BCUT2D eigenvalue weighted by Gasteiger charge is 2.30. The second kappa shape index (κ2) is 6.40. The van der Waals surface area contributed by atoms with Gasteiger partial charge in [-0.2, -0.15) is 13.2 Å². The molecule has 0 heterocycles. The molecule has 0 radical (unpaired) electrons. The summed E-state index contributed by atoms with van der Waals surface area (Å²) in [6.45, 7) is 1.89. The van der Waals surface area contributed by atoms with Crippen molar-refractivity contribution < 1.29 is 17.9 Å². The second-order valence-corrected chi connectivity index (χ2v) is 5.42. The Balaban J connectivity index is 1.95. The molecular weight excluding hydrogens is 313 g/mol. The molecule has 0 aromatic heterocycles. The van der Waals surface area contributed by atoms with E-state index in [1.165, 1.54) is 12.1 Å². The van der Waals surface area contributed by atoms with Crippen molar-refractivity contribution in [3.63, 3.8) is 0 Å². The number of alkyl halides is 3. The third-order valence-electron chi connectivity index (χ3n) is 3.76. The molecular formula is C20H15F3O. The van der Waals surface area contributed by atoms with E-state index in [2.05, 4.69) is 0 Å². The molecule has 0 amide bonds. The van der Waals surface area contributed by atoms with E-state index in [1.54, 1.807) is 6.07 Å². The topological polar surface area (TPSA) is 9.23 Å². The van der Waals surface area contributed by atoms with E-state index in [0.717, 1.165) is 28.8 Å². The van der Waals surface area contributed by atoms with E-state index >= 15 is 0 Å². The minimum Gasteiger partial charge on any atom is -0.457 e. The summed E-state index contributed by atoms with van der Waals surface area (Å²) in [5.41, 5.74) is 2.17. The molecule has 0 fully saturated rings. The van der Waals surface area contributed by atoms with Crippen LogP contribution in [0.15, 0.2) is 72.8 Å². The van der Waals surface area contributed by atoms with Crippen LogP contribution in [0.4, 0.5) is 13.2 Å². The molecule has 122 valence electrons. The lowest BCUT2D eigenvalue weighted by Crippen LogP contribution is -2.04. The maximum atomic E-state index is 12.8. The highest BCUT2D eigenvalue weighted by molar-refractivity contribution is 5.69. The van der Waals surface area contributed by atoms with Crippen molar-refractivity contribution in [1.82, 2.24) is 0 Å². The highest BCUT2D eigenvalue weighted by atomic mass is 19.4. The fourth-order valence-electron chi connectivity index (χ4n) is 2.52. The number of benzene rings is 3. The lowest BCUT2D eigenvalue weighted by molar-refractivity contribution is -0.137. The zero-order valence-electron chi connectivity index (χ0n) is 13.0. The molecule has 0 saturated heterocycles. The summed E-state index contributed by atoms with van der Waals surface area (Å²) in [6, 6.07) is 20.2. The molecule has 1 nitrogen and oxygen atoms in total. The first-order chi connectivity index (χ1) is 11.4. The van der Waals surface area contributed by atoms with Gasteiger partial charge < -0.3 is 4.74 Å². The first kappa shape index (κ1) is 16.1. The van der Waals surface area contributed by atoms with Gasteiger partial charge in [-0.3, -0.25) is 0 Å². The van der Waals surface area contributed by atoms with E-state index in [-0.39, 0.29) is 5.75 Å². The Morgan fingerprint density at radius 1 is 0.792 bits per heavy atom. The summed E-state index contributed by atoms with van der Waals surface area (Å²) in [4.78, 5) is 0. The number of halogens is 3. The Morgan fingerprint density at radius 3 is 2.21 bits per heavy atom. The highest BCUT2D eigenvalue weighted by Crippen LogP contribution is 2.35. The van der Waals surface area contributed by atoms with Crippen LogP contribution in [0.25, 0.3) is 11.1 Å². The number of rotatable bonds is 3. The van der Waals surface area contributed by atoms with Crippen LogP contribution in [-0.2, 0) is 6.18 Å². The number of hydrogen-bond acceptors (Lipinski definition) is 1. The smallest absolute Gasteiger partial charge is 0.416 e. The summed E-state index contributed by atoms with van der Waals surface area (Å²) in [5, 5.41) is 0. The molecule has 0 atom stereocenters. The van der Waals surface area contributed by atoms with Crippen LogP contribution in [0.5, 0.6) is 11.5 Å². The van der Waals surface area contributed by atoms with E-state index < -0.39 is 11.7 Å². The first-order valence-corrected chi connectivity index (χ1v) is 7.45. The third-order valence-corrected chi connectivity index (χ3v) is 3.76. The molecule has 3 rings (SSSR count). The molecule has 3 aromatic carbocycles. The molecule has 0 bridgehead atoms. The van der Waals surface area contributed by atoms with Crippen LogP contribution in [0.3, 0.4) is 0 Å².